The number of fused-ring (bicyclic) bond motifs is 2. The number of carbonyl (C=O) groups is 1. The molecule has 0 bridgehead atoms. The van der Waals surface area contributed by atoms with Crippen molar-refractivity contribution in [3.63, 3.8) is 0 Å². The van der Waals surface area contributed by atoms with Crippen LogP contribution in [0.2, 0.25) is 0 Å². The third-order valence-electron chi connectivity index (χ3n) is 7.26. The monoisotopic (exact) mass is 609 g/mol. The minimum atomic E-state index is 0. The third kappa shape index (κ3) is 6.85. The van der Waals surface area contributed by atoms with E-state index in [2.05, 4.69) is 69.5 Å². The van der Waals surface area contributed by atoms with Gasteiger partial charge in [0.2, 0.25) is 0 Å². The molecule has 0 atom stereocenters. The van der Waals surface area contributed by atoms with Gasteiger partial charge < -0.3 is 20.5 Å². The standard InChI is InChI=1S/C32H31N5O.3ClH/c33-16-15-31-34-20-27(35-31)22-36-17-18-37(32(38)29-12-6-10-24-9-4-5-11-28(24)29)21-26-19-25(13-14-30(26)36)23-7-2-1-3-8-23;;;/h1-14,19-20H,15-18,21-22,33H2,(H,34,35);3*1H. The zero-order chi connectivity index (χ0) is 25.9. The molecule has 214 valence electrons. The molecule has 0 unspecified atom stereocenters. The van der Waals surface area contributed by atoms with Gasteiger partial charge in [0.1, 0.15) is 5.82 Å². The first-order chi connectivity index (χ1) is 18.7. The van der Waals surface area contributed by atoms with Crippen molar-refractivity contribution in [2.75, 3.05) is 24.5 Å². The molecule has 0 aliphatic carbocycles. The molecular weight excluding hydrogens is 577 g/mol. The summed E-state index contributed by atoms with van der Waals surface area (Å²) < 4.78 is 0. The first-order valence-corrected chi connectivity index (χ1v) is 13.1. The van der Waals surface area contributed by atoms with E-state index in [1.165, 1.54) is 0 Å². The number of nitrogens with two attached hydrogens (primary N) is 1. The molecule has 0 fully saturated rings. The van der Waals surface area contributed by atoms with Crippen LogP contribution >= 0.6 is 37.2 Å². The van der Waals surface area contributed by atoms with Crippen LogP contribution in [0.25, 0.3) is 21.9 Å². The number of nitrogens with zero attached hydrogens (tertiary/aromatic N) is 3. The molecule has 4 aromatic carbocycles. The molecular formula is C32H34Cl3N5O. The maximum Gasteiger partial charge on any atom is 0.254 e. The van der Waals surface area contributed by atoms with Crippen LogP contribution in [-0.4, -0.2) is 40.4 Å². The van der Waals surface area contributed by atoms with Crippen molar-refractivity contribution < 1.29 is 4.79 Å². The average Bonchev–Trinajstić information content (AvgIpc) is 3.32. The Morgan fingerprint density at radius 3 is 2.41 bits per heavy atom. The number of nitrogens with one attached hydrogen (secondary N) is 1. The summed E-state index contributed by atoms with van der Waals surface area (Å²) in [7, 11) is 0. The van der Waals surface area contributed by atoms with Crippen molar-refractivity contribution in [2.45, 2.75) is 19.5 Å². The van der Waals surface area contributed by atoms with E-state index in [-0.39, 0.29) is 43.1 Å². The van der Waals surface area contributed by atoms with Gasteiger partial charge in [-0.2, -0.15) is 0 Å². The Labute approximate surface area is 259 Å². The zero-order valence-electron chi connectivity index (χ0n) is 22.5. The van der Waals surface area contributed by atoms with Crippen LogP contribution < -0.4 is 10.6 Å². The highest BCUT2D eigenvalue weighted by molar-refractivity contribution is 6.07. The number of carbonyl (C=O) groups excluding carboxylic acids is 1. The van der Waals surface area contributed by atoms with E-state index in [1.807, 2.05) is 47.5 Å². The fraction of sp³-hybridized carbons (Fsp3) is 0.188. The Morgan fingerprint density at radius 1 is 0.854 bits per heavy atom. The molecule has 9 heteroatoms. The second kappa shape index (κ2) is 14.4. The number of rotatable bonds is 6. The van der Waals surface area contributed by atoms with Gasteiger partial charge in [-0.3, -0.25) is 4.79 Å². The normalized spacial score (nSPS) is 12.4. The highest BCUT2D eigenvalue weighted by Gasteiger charge is 2.25. The lowest BCUT2D eigenvalue weighted by atomic mass is 10.0. The van der Waals surface area contributed by atoms with Crippen LogP contribution in [0.1, 0.15) is 27.4 Å². The van der Waals surface area contributed by atoms with Crippen LogP contribution in [0.3, 0.4) is 0 Å². The quantitative estimate of drug-likeness (QED) is 0.225. The van der Waals surface area contributed by atoms with Crippen molar-refractivity contribution in [1.29, 1.82) is 0 Å². The first-order valence-electron chi connectivity index (χ1n) is 13.1. The Hall–Kier alpha value is -3.55. The number of benzene rings is 4. The molecule has 1 aliphatic rings. The number of hydrogen-bond donors (Lipinski definition) is 2. The van der Waals surface area contributed by atoms with Gasteiger partial charge in [-0.05, 0) is 52.2 Å². The molecule has 1 amide bonds. The van der Waals surface area contributed by atoms with Gasteiger partial charge in [-0.25, -0.2) is 4.98 Å². The first kappa shape index (κ1) is 32.0. The smallest absolute Gasteiger partial charge is 0.254 e. The number of imidazole rings is 1. The van der Waals surface area contributed by atoms with Gasteiger partial charge in [-0.1, -0.05) is 72.8 Å². The molecule has 1 aromatic heterocycles. The second-order valence-electron chi connectivity index (χ2n) is 9.78. The van der Waals surface area contributed by atoms with Gasteiger partial charge in [0, 0.05) is 37.3 Å². The van der Waals surface area contributed by atoms with E-state index < -0.39 is 0 Å². The van der Waals surface area contributed by atoms with E-state index in [1.54, 1.807) is 0 Å². The van der Waals surface area contributed by atoms with Gasteiger partial charge in [0.25, 0.3) is 5.91 Å². The molecule has 41 heavy (non-hydrogen) atoms. The number of amides is 1. The number of hydrogen-bond acceptors (Lipinski definition) is 4. The molecule has 1 aliphatic heterocycles. The summed E-state index contributed by atoms with van der Waals surface area (Å²) in [6, 6.07) is 31.1. The van der Waals surface area contributed by atoms with Crippen LogP contribution in [-0.2, 0) is 19.5 Å². The number of H-pyrrole nitrogens is 1. The second-order valence-corrected chi connectivity index (χ2v) is 9.78. The zero-order valence-corrected chi connectivity index (χ0v) is 25.0. The van der Waals surface area contributed by atoms with E-state index in [4.69, 9.17) is 5.73 Å². The van der Waals surface area contributed by atoms with Crippen LogP contribution in [0.15, 0.2) is 97.2 Å². The molecule has 0 radical (unpaired) electrons. The lowest BCUT2D eigenvalue weighted by Crippen LogP contribution is -2.35. The van der Waals surface area contributed by atoms with Gasteiger partial charge in [0.05, 0.1) is 18.4 Å². The summed E-state index contributed by atoms with van der Waals surface area (Å²) in [5.41, 5.74) is 12.1. The largest absolute Gasteiger partial charge is 0.364 e. The number of aromatic nitrogens is 2. The van der Waals surface area contributed by atoms with Gasteiger partial charge in [-0.15, -0.1) is 37.2 Å². The predicted molar refractivity (Wildman–Crippen MR) is 175 cm³/mol. The number of halogens is 3. The van der Waals surface area contributed by atoms with Crippen molar-refractivity contribution in [1.82, 2.24) is 14.9 Å². The molecule has 0 saturated heterocycles. The van der Waals surface area contributed by atoms with E-state index in [9.17, 15) is 4.79 Å². The Balaban J connectivity index is 0.00000154. The lowest BCUT2D eigenvalue weighted by molar-refractivity contribution is 0.0753. The van der Waals surface area contributed by atoms with Crippen molar-refractivity contribution in [3.05, 3.63) is 120 Å². The third-order valence-corrected chi connectivity index (χ3v) is 7.26. The van der Waals surface area contributed by atoms with E-state index >= 15 is 0 Å². The Kier molecular flexibility index (Phi) is 11.2. The highest BCUT2D eigenvalue weighted by atomic mass is 35.5. The highest BCUT2D eigenvalue weighted by Crippen LogP contribution is 2.32. The minimum Gasteiger partial charge on any atom is -0.364 e. The fourth-order valence-corrected chi connectivity index (χ4v) is 5.35. The Bertz CT molecular complexity index is 1590. The molecule has 6 nitrogen and oxygen atoms in total. The van der Waals surface area contributed by atoms with Crippen molar-refractivity contribution in [3.8, 4) is 11.1 Å². The summed E-state index contributed by atoms with van der Waals surface area (Å²) in [6.07, 6.45) is 2.62. The van der Waals surface area contributed by atoms with Crippen LogP contribution in [0.5, 0.6) is 0 Å². The Morgan fingerprint density at radius 2 is 1.61 bits per heavy atom. The number of aromatic amines is 1. The fourth-order valence-electron chi connectivity index (χ4n) is 5.35. The summed E-state index contributed by atoms with van der Waals surface area (Å²) in [4.78, 5) is 26.2. The van der Waals surface area contributed by atoms with Crippen molar-refractivity contribution in [2.24, 2.45) is 5.73 Å². The predicted octanol–water partition coefficient (Wildman–Crippen LogP) is 6.66. The minimum absolute atomic E-state index is 0. The molecule has 6 rings (SSSR count). The summed E-state index contributed by atoms with van der Waals surface area (Å²) in [5.74, 6) is 0.969. The molecule has 2 heterocycles. The summed E-state index contributed by atoms with van der Waals surface area (Å²) >= 11 is 0. The average molecular weight is 611 g/mol. The molecule has 0 spiro atoms. The maximum absolute atomic E-state index is 14.0. The molecule has 3 N–H and O–H groups in total. The van der Waals surface area contributed by atoms with E-state index in [0.29, 0.717) is 26.2 Å². The van der Waals surface area contributed by atoms with E-state index in [0.717, 1.165) is 63.2 Å². The topological polar surface area (TPSA) is 78.2 Å². The molecule has 5 aromatic rings. The van der Waals surface area contributed by atoms with Crippen molar-refractivity contribution >= 4 is 59.6 Å². The summed E-state index contributed by atoms with van der Waals surface area (Å²) in [5, 5.41) is 2.07. The van der Waals surface area contributed by atoms with Crippen LogP contribution in [0, 0.1) is 0 Å². The lowest BCUT2D eigenvalue weighted by Gasteiger charge is -2.24. The van der Waals surface area contributed by atoms with Gasteiger partial charge in [0.15, 0.2) is 0 Å². The molecule has 0 saturated carbocycles. The maximum atomic E-state index is 14.0. The SMILES string of the molecule is Cl.Cl.Cl.NCCc1ncc(CN2CCN(C(=O)c3cccc4ccccc34)Cc3cc(-c4ccccc4)ccc32)[nH]1. The van der Waals surface area contributed by atoms with Gasteiger partial charge >= 0.3 is 0 Å². The summed E-state index contributed by atoms with van der Waals surface area (Å²) in [6.45, 7) is 3.15. The number of anilines is 1. The van der Waals surface area contributed by atoms with Crippen LogP contribution in [0.4, 0.5) is 5.69 Å².